The molecule has 3 aromatic rings. The monoisotopic (exact) mass is 632 g/mol. The first kappa shape index (κ1) is 30.7. The van der Waals surface area contributed by atoms with Crippen molar-refractivity contribution in [2.24, 2.45) is 0 Å². The quantitative estimate of drug-likeness (QED) is 0.147. The van der Waals surface area contributed by atoms with Gasteiger partial charge < -0.3 is 37.5 Å². The summed E-state index contributed by atoms with van der Waals surface area (Å²) in [7, 11) is -7.02. The molecular weight excluding hydrogens is 598 g/mol. The summed E-state index contributed by atoms with van der Waals surface area (Å²) in [6.45, 7) is 7.81. The summed E-state index contributed by atoms with van der Waals surface area (Å²) in [6.07, 6.45) is 1.22. The molecule has 2 heterocycles. The topological polar surface area (TPSA) is 121 Å². The van der Waals surface area contributed by atoms with E-state index in [2.05, 4.69) is 25.9 Å². The minimum absolute atomic E-state index is 0.211. The van der Waals surface area contributed by atoms with Crippen LogP contribution in [-0.4, -0.2) is 49.1 Å². The van der Waals surface area contributed by atoms with E-state index >= 15 is 0 Å². The Bertz CT molecular complexity index is 1160. The van der Waals surface area contributed by atoms with Crippen LogP contribution in [0.15, 0.2) is 53.3 Å². The van der Waals surface area contributed by atoms with Gasteiger partial charge in [-0.15, -0.1) is 0 Å². The first-order valence-electron chi connectivity index (χ1n) is 12.4. The van der Waals surface area contributed by atoms with Gasteiger partial charge in [0.1, 0.15) is 11.5 Å². The number of ether oxygens (including phenoxy) is 2. The lowest BCUT2D eigenvalue weighted by atomic mass is 9.91. The Labute approximate surface area is 231 Å². The average Bonchev–Trinajstić information content (AvgIpc) is 3.56. The van der Waals surface area contributed by atoms with E-state index in [4.69, 9.17) is 27.6 Å². The molecule has 1 aromatic carbocycles. The van der Waals surface area contributed by atoms with Gasteiger partial charge in [0.25, 0.3) is 0 Å². The Morgan fingerprint density at radius 2 is 1.26 bits per heavy atom. The maximum Gasteiger partial charge on any atom is 0.367 e. The molecule has 0 spiro atoms. The molecule has 0 bridgehead atoms. The van der Waals surface area contributed by atoms with Crippen LogP contribution in [0.2, 0.25) is 0 Å². The summed E-state index contributed by atoms with van der Waals surface area (Å²) in [6, 6.07) is 12.9. The molecule has 0 saturated carbocycles. The molecule has 0 aliphatic carbocycles. The smallest absolute Gasteiger partial charge is 0.367 e. The van der Waals surface area contributed by atoms with Crippen molar-refractivity contribution in [2.75, 3.05) is 39.1 Å². The van der Waals surface area contributed by atoms with Crippen molar-refractivity contribution in [3.05, 3.63) is 70.2 Å². The molecule has 0 aliphatic heterocycles. The molecule has 2 N–H and O–H groups in total. The fourth-order valence-electron chi connectivity index (χ4n) is 3.92. The molecule has 38 heavy (non-hydrogen) atoms. The van der Waals surface area contributed by atoms with Crippen LogP contribution in [0, 0.1) is 0 Å². The minimum atomic E-state index is -3.51. The van der Waals surface area contributed by atoms with E-state index in [-0.39, 0.29) is 39.1 Å². The van der Waals surface area contributed by atoms with Crippen molar-refractivity contribution in [2.45, 2.75) is 33.6 Å². The predicted octanol–water partition coefficient (Wildman–Crippen LogP) is 7.49. The first-order valence-corrected chi connectivity index (χ1v) is 16.6. The number of hydrogen-bond acceptors (Lipinski definition) is 8. The lowest BCUT2D eigenvalue weighted by Gasteiger charge is -2.25. The second-order valence-electron chi connectivity index (χ2n) is 7.93. The van der Waals surface area contributed by atoms with Gasteiger partial charge >= 0.3 is 15.2 Å². The summed E-state index contributed by atoms with van der Waals surface area (Å²) < 4.78 is 61.0. The van der Waals surface area contributed by atoms with Gasteiger partial charge in [-0.25, -0.2) is 0 Å². The number of aromatic amines is 2. The second kappa shape index (κ2) is 14.5. The minimum Gasteiger partial charge on any atom is -0.480 e. The van der Waals surface area contributed by atoms with Gasteiger partial charge in [0, 0.05) is 17.6 Å². The van der Waals surface area contributed by atoms with Gasteiger partial charge in [0.15, 0.2) is 12.7 Å². The van der Waals surface area contributed by atoms with E-state index in [1.807, 2.05) is 30.5 Å². The van der Waals surface area contributed by atoms with Crippen LogP contribution in [0.5, 0.6) is 11.5 Å². The van der Waals surface area contributed by atoms with Crippen molar-refractivity contribution in [3.63, 3.8) is 0 Å². The van der Waals surface area contributed by atoms with Gasteiger partial charge in [0.05, 0.1) is 42.5 Å². The molecule has 13 heteroatoms. The van der Waals surface area contributed by atoms with Gasteiger partial charge in [0.2, 0.25) is 0 Å². The van der Waals surface area contributed by atoms with Crippen LogP contribution >= 0.6 is 31.1 Å². The molecule has 0 aliphatic rings. The van der Waals surface area contributed by atoms with Crippen LogP contribution in [0.3, 0.4) is 0 Å². The lowest BCUT2D eigenvalue weighted by molar-refractivity contribution is 0.194. The van der Waals surface area contributed by atoms with E-state index in [9.17, 15) is 9.13 Å². The van der Waals surface area contributed by atoms with E-state index in [1.165, 1.54) is 0 Å². The third kappa shape index (κ3) is 8.09. The highest BCUT2D eigenvalue weighted by Crippen LogP contribution is 2.51. The molecular formula is C25H35BrN2O8P2. The normalized spacial score (nSPS) is 13.0. The number of benzene rings is 1. The van der Waals surface area contributed by atoms with Gasteiger partial charge in [-0.2, -0.15) is 0 Å². The Balaban J connectivity index is 2.10. The lowest BCUT2D eigenvalue weighted by Crippen LogP contribution is -2.13. The van der Waals surface area contributed by atoms with Crippen LogP contribution in [0.4, 0.5) is 0 Å². The Kier molecular flexibility index (Phi) is 11.7. The number of nitrogens with one attached hydrogen (secondary N) is 2. The Morgan fingerprint density at radius 3 is 1.66 bits per heavy atom. The number of H-pyrrole nitrogens is 2. The maximum atomic E-state index is 13.2. The van der Waals surface area contributed by atoms with Crippen molar-refractivity contribution < 1.29 is 36.7 Å². The summed E-state index contributed by atoms with van der Waals surface area (Å²) in [4.78, 5) is 6.59. The predicted molar refractivity (Wildman–Crippen MR) is 149 cm³/mol. The molecule has 0 saturated heterocycles. The highest BCUT2D eigenvalue weighted by molar-refractivity contribution is 9.10. The summed E-state index contributed by atoms with van der Waals surface area (Å²) >= 11 is 3.49. The van der Waals surface area contributed by atoms with Crippen LogP contribution in [0.1, 0.15) is 50.6 Å². The van der Waals surface area contributed by atoms with Crippen molar-refractivity contribution in [1.29, 1.82) is 0 Å². The molecule has 10 nitrogen and oxygen atoms in total. The zero-order valence-corrected chi connectivity index (χ0v) is 25.4. The fourth-order valence-corrected chi connectivity index (χ4v) is 6.90. The number of halogens is 1. The molecule has 2 aromatic heterocycles. The number of aromatic nitrogens is 2. The van der Waals surface area contributed by atoms with Crippen LogP contribution in [-0.2, 0) is 27.2 Å². The third-order valence-electron chi connectivity index (χ3n) is 5.29. The largest absolute Gasteiger partial charge is 0.480 e. The van der Waals surface area contributed by atoms with Crippen molar-refractivity contribution in [1.82, 2.24) is 9.97 Å². The SMILES string of the molecule is CCOP(=O)(COc1cccc(OCP(=O)(OCC)OCC)c1C(c1ccc[nH]1)c1ccc(Br)[nH]1)OCC. The molecule has 1 unspecified atom stereocenters. The standard InChI is InChI=1S/C25H35BrN2O8P2/c1-5-33-37(29,34-6-2)17-31-21-12-9-13-22(32-18-38(30,35-7-3)36-8-4)25(21)24(19-11-10-16-27-19)20-14-15-23(26)28-20/h9-16,24,27-28H,5-8,17-18H2,1-4H3. The van der Waals surface area contributed by atoms with E-state index in [0.29, 0.717) is 17.1 Å². The van der Waals surface area contributed by atoms with Crippen LogP contribution in [0.25, 0.3) is 0 Å². The molecule has 0 radical (unpaired) electrons. The molecule has 0 amide bonds. The summed E-state index contributed by atoms with van der Waals surface area (Å²) in [5.74, 6) is 0.379. The zero-order chi connectivity index (χ0) is 27.6. The van der Waals surface area contributed by atoms with Gasteiger partial charge in [-0.05, 0) is 80.0 Å². The molecule has 3 rings (SSSR count). The van der Waals surface area contributed by atoms with E-state index < -0.39 is 21.1 Å². The second-order valence-corrected chi connectivity index (χ2v) is 12.8. The zero-order valence-electron chi connectivity index (χ0n) is 22.0. The molecule has 1 atom stereocenters. The first-order chi connectivity index (χ1) is 18.3. The van der Waals surface area contributed by atoms with Crippen molar-refractivity contribution in [3.8, 4) is 11.5 Å². The van der Waals surface area contributed by atoms with E-state index in [0.717, 1.165) is 16.0 Å². The maximum absolute atomic E-state index is 13.2. The van der Waals surface area contributed by atoms with Gasteiger partial charge in [-0.1, -0.05) is 6.07 Å². The summed E-state index contributed by atoms with van der Waals surface area (Å²) in [5, 5.41) is 0. The molecule has 0 fully saturated rings. The Morgan fingerprint density at radius 1 is 0.737 bits per heavy atom. The fraction of sp³-hybridized carbons (Fsp3) is 0.440. The number of rotatable bonds is 17. The van der Waals surface area contributed by atoms with Crippen molar-refractivity contribution >= 4 is 31.1 Å². The van der Waals surface area contributed by atoms with E-state index in [1.54, 1.807) is 45.9 Å². The average molecular weight is 633 g/mol. The highest BCUT2D eigenvalue weighted by atomic mass is 79.9. The molecule has 210 valence electrons. The highest BCUT2D eigenvalue weighted by Gasteiger charge is 2.32. The third-order valence-corrected chi connectivity index (χ3v) is 9.25. The van der Waals surface area contributed by atoms with Gasteiger partial charge in [-0.3, -0.25) is 9.13 Å². The number of hydrogen-bond donors (Lipinski definition) is 2. The van der Waals surface area contributed by atoms with Crippen LogP contribution < -0.4 is 9.47 Å². The Hall–Kier alpha value is -1.84. The summed E-state index contributed by atoms with van der Waals surface area (Å²) in [5.41, 5.74) is 2.29.